The maximum Gasteiger partial charge on any atom is 0.145 e. The van der Waals surface area contributed by atoms with Crippen molar-refractivity contribution in [2.45, 2.75) is 0 Å². The minimum Gasteiger partial charge on any atom is -0.456 e. The highest BCUT2D eigenvalue weighted by atomic mass is 79.9. The van der Waals surface area contributed by atoms with Gasteiger partial charge in [-0.1, -0.05) is 36.4 Å². The van der Waals surface area contributed by atoms with Crippen molar-refractivity contribution < 1.29 is 9.47 Å². The second kappa shape index (κ2) is 6.99. The Kier molecular flexibility index (Phi) is 4.80. The first-order chi connectivity index (χ1) is 10.7. The molecule has 0 unspecified atom stereocenters. The SMILES string of the molecule is Brc1cc(Br)c(Oc2ccccc2)cc1Oc1ccccc1. The molecule has 3 aromatic carbocycles. The number of hydrogen-bond acceptors (Lipinski definition) is 2. The molecule has 0 aromatic heterocycles. The van der Waals surface area contributed by atoms with Crippen LogP contribution in [-0.4, -0.2) is 0 Å². The van der Waals surface area contributed by atoms with E-state index >= 15 is 0 Å². The van der Waals surface area contributed by atoms with Crippen molar-refractivity contribution >= 4 is 31.9 Å². The highest BCUT2D eigenvalue weighted by molar-refractivity contribution is 9.11. The Morgan fingerprint density at radius 3 is 1.36 bits per heavy atom. The Bertz CT molecular complexity index is 696. The summed E-state index contributed by atoms with van der Waals surface area (Å²) < 4.78 is 13.5. The first-order valence-corrected chi connectivity index (χ1v) is 8.26. The van der Waals surface area contributed by atoms with Crippen LogP contribution < -0.4 is 9.47 Å². The normalized spacial score (nSPS) is 10.3. The molecule has 0 saturated carbocycles. The molecule has 0 heterocycles. The maximum atomic E-state index is 5.89. The lowest BCUT2D eigenvalue weighted by molar-refractivity contribution is 0.456. The smallest absolute Gasteiger partial charge is 0.145 e. The van der Waals surface area contributed by atoms with Crippen LogP contribution in [0.3, 0.4) is 0 Å². The van der Waals surface area contributed by atoms with Crippen LogP contribution in [-0.2, 0) is 0 Å². The number of halogens is 2. The first-order valence-electron chi connectivity index (χ1n) is 6.67. The van der Waals surface area contributed by atoms with E-state index in [1.807, 2.05) is 72.8 Å². The van der Waals surface area contributed by atoms with E-state index in [-0.39, 0.29) is 0 Å². The number of hydrogen-bond donors (Lipinski definition) is 0. The Morgan fingerprint density at radius 2 is 0.955 bits per heavy atom. The zero-order valence-electron chi connectivity index (χ0n) is 11.5. The Labute approximate surface area is 146 Å². The zero-order valence-corrected chi connectivity index (χ0v) is 14.7. The van der Waals surface area contributed by atoms with Gasteiger partial charge in [0.05, 0.1) is 8.95 Å². The van der Waals surface area contributed by atoms with Crippen molar-refractivity contribution in [2.75, 3.05) is 0 Å². The van der Waals surface area contributed by atoms with Crippen LogP contribution in [0.25, 0.3) is 0 Å². The highest BCUT2D eigenvalue weighted by Gasteiger charge is 2.11. The molecule has 22 heavy (non-hydrogen) atoms. The lowest BCUT2D eigenvalue weighted by Crippen LogP contribution is -1.90. The number of rotatable bonds is 4. The minimum atomic E-state index is 0.695. The van der Waals surface area contributed by atoms with E-state index in [2.05, 4.69) is 31.9 Å². The van der Waals surface area contributed by atoms with Gasteiger partial charge in [-0.2, -0.15) is 0 Å². The molecule has 110 valence electrons. The lowest BCUT2D eigenvalue weighted by atomic mass is 10.3. The monoisotopic (exact) mass is 418 g/mol. The molecule has 0 amide bonds. The summed E-state index contributed by atoms with van der Waals surface area (Å²) in [6, 6.07) is 23.0. The van der Waals surface area contributed by atoms with Gasteiger partial charge in [-0.15, -0.1) is 0 Å². The van der Waals surface area contributed by atoms with Gasteiger partial charge >= 0.3 is 0 Å². The molecule has 0 bridgehead atoms. The van der Waals surface area contributed by atoms with Gasteiger partial charge in [0.15, 0.2) is 0 Å². The third-order valence-corrected chi connectivity index (χ3v) is 4.17. The quantitative estimate of drug-likeness (QED) is 0.463. The van der Waals surface area contributed by atoms with Gasteiger partial charge in [-0.3, -0.25) is 0 Å². The van der Waals surface area contributed by atoms with Crippen LogP contribution in [0.1, 0.15) is 0 Å². The zero-order chi connectivity index (χ0) is 15.4. The molecule has 0 aliphatic carbocycles. The minimum absolute atomic E-state index is 0.695. The molecule has 3 rings (SSSR count). The topological polar surface area (TPSA) is 18.5 Å². The third kappa shape index (κ3) is 3.70. The molecule has 0 atom stereocenters. The van der Waals surface area contributed by atoms with Gasteiger partial charge in [-0.05, 0) is 62.2 Å². The van der Waals surface area contributed by atoms with Gasteiger partial charge in [-0.25, -0.2) is 0 Å². The summed E-state index contributed by atoms with van der Waals surface area (Å²) >= 11 is 7.03. The molecule has 3 aromatic rings. The van der Waals surface area contributed by atoms with Crippen molar-refractivity contribution in [1.29, 1.82) is 0 Å². The summed E-state index contributed by atoms with van der Waals surface area (Å²) in [5, 5.41) is 0. The molecule has 2 nitrogen and oxygen atoms in total. The van der Waals surface area contributed by atoms with Gasteiger partial charge in [0, 0.05) is 6.07 Å². The van der Waals surface area contributed by atoms with E-state index in [1.54, 1.807) is 0 Å². The van der Waals surface area contributed by atoms with Crippen LogP contribution in [0, 0.1) is 0 Å². The largest absolute Gasteiger partial charge is 0.456 e. The summed E-state index contributed by atoms with van der Waals surface area (Å²) in [7, 11) is 0. The molecule has 0 aliphatic heterocycles. The Balaban J connectivity index is 1.90. The average molecular weight is 420 g/mol. The van der Waals surface area contributed by atoms with Crippen molar-refractivity contribution in [3.63, 3.8) is 0 Å². The molecule has 0 N–H and O–H groups in total. The van der Waals surface area contributed by atoms with E-state index in [4.69, 9.17) is 9.47 Å². The Hall–Kier alpha value is -1.78. The summed E-state index contributed by atoms with van der Waals surface area (Å²) in [6.07, 6.45) is 0. The fourth-order valence-corrected chi connectivity index (χ4v) is 3.05. The number of benzene rings is 3. The van der Waals surface area contributed by atoms with Crippen LogP contribution >= 0.6 is 31.9 Å². The molecule has 0 saturated heterocycles. The summed E-state index contributed by atoms with van der Waals surface area (Å²) in [5.74, 6) is 2.94. The van der Waals surface area contributed by atoms with E-state index in [9.17, 15) is 0 Å². The van der Waals surface area contributed by atoms with Crippen molar-refractivity contribution in [3.8, 4) is 23.0 Å². The van der Waals surface area contributed by atoms with Crippen molar-refractivity contribution in [2.24, 2.45) is 0 Å². The number of para-hydroxylation sites is 2. The fourth-order valence-electron chi connectivity index (χ4n) is 1.90. The summed E-state index contributed by atoms with van der Waals surface area (Å²) in [5.41, 5.74) is 0. The standard InChI is InChI=1S/C18H12Br2O2/c19-15-11-16(20)18(22-14-9-5-2-6-10-14)12-17(15)21-13-7-3-1-4-8-13/h1-12H. The lowest BCUT2D eigenvalue weighted by Gasteiger charge is -2.12. The predicted molar refractivity (Wildman–Crippen MR) is 94.9 cm³/mol. The van der Waals surface area contributed by atoms with Crippen molar-refractivity contribution in [3.05, 3.63) is 81.7 Å². The fraction of sp³-hybridized carbons (Fsp3) is 0. The van der Waals surface area contributed by atoms with Gasteiger partial charge < -0.3 is 9.47 Å². The second-order valence-corrected chi connectivity index (χ2v) is 6.25. The van der Waals surface area contributed by atoms with E-state index in [1.165, 1.54) is 0 Å². The van der Waals surface area contributed by atoms with Crippen LogP contribution in [0.4, 0.5) is 0 Å². The molecular formula is C18H12Br2O2. The molecule has 0 aliphatic rings. The predicted octanol–water partition coefficient (Wildman–Crippen LogP) is 6.80. The van der Waals surface area contributed by atoms with Crippen LogP contribution in [0.2, 0.25) is 0 Å². The summed E-state index contributed by atoms with van der Waals surface area (Å²) in [6.45, 7) is 0. The molecule has 4 heteroatoms. The average Bonchev–Trinajstić information content (AvgIpc) is 2.54. The second-order valence-electron chi connectivity index (χ2n) is 4.54. The van der Waals surface area contributed by atoms with E-state index < -0.39 is 0 Å². The molecular weight excluding hydrogens is 408 g/mol. The first kappa shape index (κ1) is 15.1. The number of ether oxygens (including phenoxy) is 2. The third-order valence-electron chi connectivity index (χ3n) is 2.93. The van der Waals surface area contributed by atoms with Crippen LogP contribution in [0.15, 0.2) is 81.7 Å². The Morgan fingerprint density at radius 1 is 0.545 bits per heavy atom. The van der Waals surface area contributed by atoms with Gasteiger partial charge in [0.1, 0.15) is 23.0 Å². The van der Waals surface area contributed by atoms with Gasteiger partial charge in [0.2, 0.25) is 0 Å². The highest BCUT2D eigenvalue weighted by Crippen LogP contribution is 2.39. The molecule has 0 radical (unpaired) electrons. The van der Waals surface area contributed by atoms with Crippen molar-refractivity contribution in [1.82, 2.24) is 0 Å². The van der Waals surface area contributed by atoms with Crippen LogP contribution in [0.5, 0.6) is 23.0 Å². The summed E-state index contributed by atoms with van der Waals surface area (Å²) in [4.78, 5) is 0. The molecule has 0 fully saturated rings. The molecule has 0 spiro atoms. The van der Waals surface area contributed by atoms with E-state index in [0.717, 1.165) is 20.4 Å². The van der Waals surface area contributed by atoms with E-state index in [0.29, 0.717) is 11.5 Å². The maximum absolute atomic E-state index is 5.89. The van der Waals surface area contributed by atoms with Gasteiger partial charge in [0.25, 0.3) is 0 Å².